The van der Waals surface area contributed by atoms with Crippen molar-refractivity contribution in [3.05, 3.63) is 28.6 Å². The lowest BCUT2D eigenvalue weighted by molar-refractivity contribution is -0.139. The van der Waals surface area contributed by atoms with E-state index in [-0.39, 0.29) is 11.3 Å². The van der Waals surface area contributed by atoms with Crippen molar-refractivity contribution in [2.45, 2.75) is 19.3 Å². The smallest absolute Gasteiger partial charge is 0.312 e. The molecule has 2 rings (SSSR count). The van der Waals surface area contributed by atoms with Crippen molar-refractivity contribution in [2.24, 2.45) is 0 Å². The van der Waals surface area contributed by atoms with Crippen LogP contribution in [0.2, 0.25) is 0 Å². The highest BCUT2D eigenvalue weighted by Crippen LogP contribution is 2.15. The first-order valence-electron chi connectivity index (χ1n) is 5.06. The molecule has 0 aliphatic heterocycles. The van der Waals surface area contributed by atoms with Crippen LogP contribution in [-0.2, 0) is 4.79 Å². The number of carboxylic acids is 1. The van der Waals surface area contributed by atoms with Gasteiger partial charge in [0, 0.05) is 0 Å². The maximum atomic E-state index is 11.7. The molecule has 88 valence electrons. The summed E-state index contributed by atoms with van der Waals surface area (Å²) in [6, 6.07) is 0. The highest BCUT2D eigenvalue weighted by Gasteiger charge is 2.23. The molecule has 0 saturated heterocycles. The number of nitrogens with zero attached hydrogens (tertiary/aromatic N) is 3. The molecule has 0 aliphatic carbocycles. The predicted molar refractivity (Wildman–Crippen MR) is 58.6 cm³/mol. The summed E-state index contributed by atoms with van der Waals surface area (Å²) in [4.78, 5) is 36.8. The summed E-state index contributed by atoms with van der Waals surface area (Å²) in [5.74, 6) is -1.99. The third-order valence-corrected chi connectivity index (χ3v) is 2.43. The lowest BCUT2D eigenvalue weighted by Gasteiger charge is -2.08. The van der Waals surface area contributed by atoms with E-state index in [1.54, 1.807) is 6.92 Å². The third-order valence-electron chi connectivity index (χ3n) is 2.43. The van der Waals surface area contributed by atoms with E-state index < -0.39 is 17.4 Å². The molecule has 7 heteroatoms. The number of aromatic nitrogens is 4. The van der Waals surface area contributed by atoms with E-state index in [4.69, 9.17) is 5.11 Å². The first kappa shape index (κ1) is 11.2. The molecule has 0 saturated carbocycles. The van der Waals surface area contributed by atoms with E-state index in [1.807, 2.05) is 0 Å². The van der Waals surface area contributed by atoms with Crippen molar-refractivity contribution in [1.29, 1.82) is 0 Å². The number of aliphatic carboxylic acids is 1. The zero-order valence-electron chi connectivity index (χ0n) is 9.04. The van der Waals surface area contributed by atoms with Gasteiger partial charge >= 0.3 is 5.97 Å². The fourth-order valence-corrected chi connectivity index (χ4v) is 1.57. The Hall–Kier alpha value is -2.31. The van der Waals surface area contributed by atoms with Gasteiger partial charge in [-0.15, -0.1) is 0 Å². The molecule has 0 spiro atoms. The van der Waals surface area contributed by atoms with Crippen molar-refractivity contribution in [3.63, 3.8) is 0 Å². The van der Waals surface area contributed by atoms with E-state index in [1.165, 1.54) is 12.5 Å². The molecule has 0 bridgehead atoms. The highest BCUT2D eigenvalue weighted by atomic mass is 16.4. The maximum Gasteiger partial charge on any atom is 0.312 e. The monoisotopic (exact) mass is 234 g/mol. The van der Waals surface area contributed by atoms with E-state index >= 15 is 0 Å². The van der Waals surface area contributed by atoms with Gasteiger partial charge in [0.05, 0.1) is 6.20 Å². The summed E-state index contributed by atoms with van der Waals surface area (Å²) in [7, 11) is 0. The standard InChI is InChI=1S/C10H10N4O3/c1-2-5(10(16)17)7-9(15)13-6-3-11-4-12-8(6)14-7/h3-5H,2H2,1H3,(H,13,15)(H,16,17). The van der Waals surface area contributed by atoms with Gasteiger partial charge in [0.25, 0.3) is 5.56 Å². The number of hydrogen-bond donors (Lipinski definition) is 2. The molecule has 2 heterocycles. The second-order valence-electron chi connectivity index (χ2n) is 3.51. The van der Waals surface area contributed by atoms with Gasteiger partial charge in [-0.3, -0.25) is 9.59 Å². The predicted octanol–water partition coefficient (Wildman–Crippen LogP) is 0.291. The molecule has 0 radical (unpaired) electrons. The van der Waals surface area contributed by atoms with Crippen LogP contribution in [0, 0.1) is 0 Å². The Balaban J connectivity index is 2.65. The highest BCUT2D eigenvalue weighted by molar-refractivity contribution is 5.76. The molecule has 1 atom stereocenters. The van der Waals surface area contributed by atoms with Gasteiger partial charge in [0.1, 0.15) is 23.5 Å². The number of nitrogens with one attached hydrogen (secondary N) is 1. The van der Waals surface area contributed by atoms with Gasteiger partial charge in [0.2, 0.25) is 0 Å². The molecule has 2 aromatic rings. The summed E-state index contributed by atoms with van der Waals surface area (Å²) in [5.41, 5.74) is 0.142. The Morgan fingerprint density at radius 3 is 3.00 bits per heavy atom. The second-order valence-corrected chi connectivity index (χ2v) is 3.51. The van der Waals surface area contributed by atoms with Crippen molar-refractivity contribution >= 4 is 17.1 Å². The minimum atomic E-state index is -1.07. The maximum absolute atomic E-state index is 11.7. The number of H-pyrrole nitrogens is 1. The van der Waals surface area contributed by atoms with E-state index in [0.29, 0.717) is 11.9 Å². The molecule has 0 aromatic carbocycles. The van der Waals surface area contributed by atoms with Crippen molar-refractivity contribution in [1.82, 2.24) is 19.9 Å². The third kappa shape index (κ3) is 1.99. The van der Waals surface area contributed by atoms with Crippen LogP contribution in [0.4, 0.5) is 0 Å². The summed E-state index contributed by atoms with van der Waals surface area (Å²) >= 11 is 0. The van der Waals surface area contributed by atoms with Gasteiger partial charge in [-0.1, -0.05) is 6.92 Å². The van der Waals surface area contributed by atoms with Gasteiger partial charge in [-0.25, -0.2) is 15.0 Å². The largest absolute Gasteiger partial charge is 0.481 e. The van der Waals surface area contributed by atoms with Crippen LogP contribution >= 0.6 is 0 Å². The van der Waals surface area contributed by atoms with E-state index in [2.05, 4.69) is 19.9 Å². The van der Waals surface area contributed by atoms with Crippen LogP contribution in [0.15, 0.2) is 17.3 Å². The van der Waals surface area contributed by atoms with Crippen molar-refractivity contribution in [3.8, 4) is 0 Å². The molecular formula is C10H10N4O3. The number of aromatic amines is 1. The minimum absolute atomic E-state index is 0.0220. The van der Waals surface area contributed by atoms with Crippen LogP contribution < -0.4 is 5.56 Å². The van der Waals surface area contributed by atoms with Crippen LogP contribution in [-0.4, -0.2) is 31.0 Å². The molecule has 2 aromatic heterocycles. The molecule has 1 unspecified atom stereocenters. The lowest BCUT2D eigenvalue weighted by Crippen LogP contribution is -2.23. The number of rotatable bonds is 3. The normalized spacial score (nSPS) is 12.5. The number of fused-ring (bicyclic) bond motifs is 1. The SMILES string of the molecule is CCC(C(=O)O)c1nc2ncncc2[nH]c1=O. The zero-order chi connectivity index (χ0) is 12.4. The number of carbonyl (C=O) groups is 1. The number of hydrogen-bond acceptors (Lipinski definition) is 5. The van der Waals surface area contributed by atoms with Crippen LogP contribution in [0.3, 0.4) is 0 Å². The van der Waals surface area contributed by atoms with Gasteiger partial charge in [-0.2, -0.15) is 0 Å². The first-order chi connectivity index (χ1) is 8.13. The Morgan fingerprint density at radius 2 is 2.35 bits per heavy atom. The second kappa shape index (κ2) is 4.28. The molecule has 0 fully saturated rings. The molecule has 7 nitrogen and oxygen atoms in total. The minimum Gasteiger partial charge on any atom is -0.481 e. The van der Waals surface area contributed by atoms with Gasteiger partial charge in [-0.05, 0) is 6.42 Å². The molecule has 0 amide bonds. The number of carboxylic acid groups (broad SMARTS) is 1. The fourth-order valence-electron chi connectivity index (χ4n) is 1.57. The Labute approximate surface area is 95.6 Å². The van der Waals surface area contributed by atoms with Gasteiger partial charge in [0.15, 0.2) is 5.65 Å². The first-order valence-corrected chi connectivity index (χ1v) is 5.06. The summed E-state index contributed by atoms with van der Waals surface area (Å²) in [5, 5.41) is 9.00. The summed E-state index contributed by atoms with van der Waals surface area (Å²) in [6.45, 7) is 1.68. The molecule has 17 heavy (non-hydrogen) atoms. The van der Waals surface area contributed by atoms with Crippen LogP contribution in [0.5, 0.6) is 0 Å². The molecule has 0 aliphatic rings. The average Bonchev–Trinajstić information content (AvgIpc) is 2.30. The lowest BCUT2D eigenvalue weighted by atomic mass is 10.0. The van der Waals surface area contributed by atoms with Crippen LogP contribution in [0.1, 0.15) is 25.0 Å². The quantitative estimate of drug-likeness (QED) is 0.790. The van der Waals surface area contributed by atoms with Crippen molar-refractivity contribution < 1.29 is 9.90 Å². The Morgan fingerprint density at radius 1 is 1.59 bits per heavy atom. The Bertz CT molecular complexity index is 622. The summed E-state index contributed by atoms with van der Waals surface area (Å²) < 4.78 is 0. The van der Waals surface area contributed by atoms with Gasteiger partial charge < -0.3 is 10.1 Å². The molecular weight excluding hydrogens is 224 g/mol. The molecule has 2 N–H and O–H groups in total. The average molecular weight is 234 g/mol. The van der Waals surface area contributed by atoms with Crippen LogP contribution in [0.25, 0.3) is 11.2 Å². The van der Waals surface area contributed by atoms with E-state index in [0.717, 1.165) is 0 Å². The zero-order valence-corrected chi connectivity index (χ0v) is 9.04. The fraction of sp³-hybridized carbons (Fsp3) is 0.300. The van der Waals surface area contributed by atoms with Crippen molar-refractivity contribution in [2.75, 3.05) is 0 Å². The van der Waals surface area contributed by atoms with E-state index in [9.17, 15) is 9.59 Å². The topological polar surface area (TPSA) is 109 Å². The summed E-state index contributed by atoms with van der Waals surface area (Å²) in [6.07, 6.45) is 3.00. The Kier molecular flexibility index (Phi) is 2.82.